The van der Waals surface area contributed by atoms with E-state index >= 15 is 0 Å². The minimum Gasteiger partial charge on any atom is -0.389 e. The fraction of sp³-hybridized carbons (Fsp3) is 0.571. The minimum absolute atomic E-state index is 0.352. The zero-order valence-corrected chi connectivity index (χ0v) is 11.5. The van der Waals surface area contributed by atoms with E-state index in [0.29, 0.717) is 13.2 Å². The second-order valence-electron chi connectivity index (χ2n) is 4.21. The fourth-order valence-electron chi connectivity index (χ4n) is 1.87. The van der Waals surface area contributed by atoms with E-state index < -0.39 is 6.10 Å². The normalized spacial score (nSPS) is 12.2. The highest BCUT2D eigenvalue weighted by Gasteiger charge is 2.04. The molecule has 4 heteroatoms. The summed E-state index contributed by atoms with van der Waals surface area (Å²) in [6.07, 6.45) is -0.475. The van der Waals surface area contributed by atoms with Crippen molar-refractivity contribution in [3.8, 4) is 0 Å². The monoisotopic (exact) mass is 252 g/mol. The van der Waals surface area contributed by atoms with Crippen molar-refractivity contribution in [2.24, 2.45) is 0 Å². The molecule has 0 aliphatic rings. The Morgan fingerprint density at radius 1 is 1.22 bits per heavy atom. The van der Waals surface area contributed by atoms with E-state index in [1.165, 1.54) is 5.69 Å². The van der Waals surface area contributed by atoms with Gasteiger partial charge in [-0.25, -0.2) is 0 Å². The molecule has 4 nitrogen and oxygen atoms in total. The van der Waals surface area contributed by atoms with Gasteiger partial charge in [0.05, 0.1) is 12.7 Å². The third kappa shape index (κ3) is 4.55. The molecule has 0 heterocycles. The lowest BCUT2D eigenvalue weighted by Gasteiger charge is -2.21. The molecule has 1 atom stereocenters. The molecule has 102 valence electrons. The molecule has 1 rings (SSSR count). The van der Waals surface area contributed by atoms with E-state index in [1.807, 2.05) is 12.1 Å². The maximum Gasteiger partial charge on any atom is 0.0945 e. The van der Waals surface area contributed by atoms with Crippen LogP contribution in [0.25, 0.3) is 0 Å². The molecule has 0 saturated carbocycles. The first-order valence-corrected chi connectivity index (χ1v) is 6.47. The Bertz CT molecular complexity index is 323. The van der Waals surface area contributed by atoms with Gasteiger partial charge in [0.25, 0.3) is 0 Å². The number of rotatable bonds is 8. The highest BCUT2D eigenvalue weighted by atomic mass is 16.5. The van der Waals surface area contributed by atoms with E-state index in [2.05, 4.69) is 36.2 Å². The number of nitrogens with zero attached hydrogens (tertiary/aromatic N) is 1. The SMILES string of the molecule is CCN(CC)c1ccc(NCC(O)COC)cc1. The van der Waals surface area contributed by atoms with Crippen LogP contribution in [0.3, 0.4) is 0 Å². The Kier molecular flexibility index (Phi) is 6.54. The second-order valence-corrected chi connectivity index (χ2v) is 4.21. The molecule has 1 aromatic carbocycles. The fourth-order valence-corrected chi connectivity index (χ4v) is 1.87. The van der Waals surface area contributed by atoms with E-state index in [0.717, 1.165) is 18.8 Å². The first kappa shape index (κ1) is 14.8. The summed E-state index contributed by atoms with van der Waals surface area (Å²) in [5.74, 6) is 0. The number of methoxy groups -OCH3 is 1. The minimum atomic E-state index is -0.475. The summed E-state index contributed by atoms with van der Waals surface area (Å²) in [6, 6.07) is 8.26. The van der Waals surface area contributed by atoms with Crippen LogP contribution in [0.15, 0.2) is 24.3 Å². The van der Waals surface area contributed by atoms with Gasteiger partial charge in [-0.15, -0.1) is 0 Å². The van der Waals surface area contributed by atoms with Crippen molar-refractivity contribution >= 4 is 11.4 Å². The van der Waals surface area contributed by atoms with Crippen LogP contribution in [0.2, 0.25) is 0 Å². The van der Waals surface area contributed by atoms with E-state index in [9.17, 15) is 5.11 Å². The molecule has 2 N–H and O–H groups in total. The summed E-state index contributed by atoms with van der Waals surface area (Å²) < 4.78 is 4.88. The van der Waals surface area contributed by atoms with Crippen molar-refractivity contribution in [3.05, 3.63) is 24.3 Å². The molecule has 0 fully saturated rings. The largest absolute Gasteiger partial charge is 0.389 e. The van der Waals surface area contributed by atoms with Gasteiger partial charge >= 0.3 is 0 Å². The zero-order valence-electron chi connectivity index (χ0n) is 11.5. The number of hydrogen-bond donors (Lipinski definition) is 2. The Hall–Kier alpha value is -1.26. The number of benzene rings is 1. The molecule has 0 aromatic heterocycles. The molecular weight excluding hydrogens is 228 g/mol. The van der Waals surface area contributed by atoms with E-state index in [1.54, 1.807) is 7.11 Å². The molecule has 0 aliphatic carbocycles. The molecule has 0 saturated heterocycles. The number of aliphatic hydroxyl groups excluding tert-OH is 1. The van der Waals surface area contributed by atoms with Gasteiger partial charge in [-0.2, -0.15) is 0 Å². The van der Waals surface area contributed by atoms with Crippen LogP contribution >= 0.6 is 0 Å². The van der Waals surface area contributed by atoms with Crippen molar-refractivity contribution < 1.29 is 9.84 Å². The van der Waals surface area contributed by atoms with Crippen LogP contribution in [-0.2, 0) is 4.74 Å². The van der Waals surface area contributed by atoms with Crippen molar-refractivity contribution in [1.82, 2.24) is 0 Å². The average Bonchev–Trinajstić information content (AvgIpc) is 2.39. The Balaban J connectivity index is 2.49. The van der Waals surface area contributed by atoms with Gasteiger partial charge in [-0.3, -0.25) is 0 Å². The summed E-state index contributed by atoms with van der Waals surface area (Å²) in [4.78, 5) is 2.30. The molecule has 0 radical (unpaired) electrons. The van der Waals surface area contributed by atoms with Crippen molar-refractivity contribution in [3.63, 3.8) is 0 Å². The van der Waals surface area contributed by atoms with Crippen LogP contribution in [0.1, 0.15) is 13.8 Å². The second kappa shape index (κ2) is 7.95. The molecule has 0 amide bonds. The molecule has 0 bridgehead atoms. The topological polar surface area (TPSA) is 44.7 Å². The molecule has 1 aromatic rings. The van der Waals surface area contributed by atoms with Crippen molar-refractivity contribution in [2.75, 3.05) is 43.6 Å². The van der Waals surface area contributed by atoms with Gasteiger partial charge in [0.15, 0.2) is 0 Å². The first-order chi connectivity index (χ1) is 8.71. The van der Waals surface area contributed by atoms with Crippen LogP contribution < -0.4 is 10.2 Å². The Labute approximate surface area is 110 Å². The third-order valence-electron chi connectivity index (χ3n) is 2.90. The zero-order chi connectivity index (χ0) is 13.4. The van der Waals surface area contributed by atoms with E-state index in [-0.39, 0.29) is 0 Å². The van der Waals surface area contributed by atoms with Gasteiger partial charge in [-0.1, -0.05) is 0 Å². The number of nitrogens with one attached hydrogen (secondary N) is 1. The summed E-state index contributed by atoms with van der Waals surface area (Å²) in [5.41, 5.74) is 2.24. The van der Waals surface area contributed by atoms with Crippen LogP contribution in [-0.4, -0.2) is 44.6 Å². The van der Waals surface area contributed by atoms with Gasteiger partial charge < -0.3 is 20.1 Å². The van der Waals surface area contributed by atoms with Gasteiger partial charge in [0, 0.05) is 38.1 Å². The lowest BCUT2D eigenvalue weighted by atomic mass is 10.2. The Morgan fingerprint density at radius 3 is 2.33 bits per heavy atom. The standard InChI is InChI=1S/C14H24N2O2/c1-4-16(5-2)13-8-6-12(7-9-13)15-10-14(17)11-18-3/h6-9,14-15,17H,4-5,10-11H2,1-3H3. The molecule has 0 aliphatic heterocycles. The van der Waals surface area contributed by atoms with Crippen LogP contribution in [0.4, 0.5) is 11.4 Å². The molecule has 18 heavy (non-hydrogen) atoms. The van der Waals surface area contributed by atoms with Crippen molar-refractivity contribution in [1.29, 1.82) is 0 Å². The molecule has 1 unspecified atom stereocenters. The number of ether oxygens (including phenoxy) is 1. The van der Waals surface area contributed by atoms with Gasteiger partial charge in [0.1, 0.15) is 0 Å². The van der Waals surface area contributed by atoms with Crippen LogP contribution in [0.5, 0.6) is 0 Å². The van der Waals surface area contributed by atoms with Gasteiger partial charge in [0.2, 0.25) is 0 Å². The van der Waals surface area contributed by atoms with Crippen LogP contribution in [0, 0.1) is 0 Å². The summed E-state index contributed by atoms with van der Waals surface area (Å²) >= 11 is 0. The summed E-state index contributed by atoms with van der Waals surface area (Å²) in [7, 11) is 1.59. The third-order valence-corrected chi connectivity index (χ3v) is 2.90. The summed E-state index contributed by atoms with van der Waals surface area (Å²) in [6.45, 7) is 7.17. The van der Waals surface area contributed by atoms with Gasteiger partial charge in [-0.05, 0) is 38.1 Å². The van der Waals surface area contributed by atoms with E-state index in [4.69, 9.17) is 4.74 Å². The number of anilines is 2. The predicted octanol–water partition coefficient (Wildman–Crippen LogP) is 1.95. The quantitative estimate of drug-likeness (QED) is 0.742. The average molecular weight is 252 g/mol. The first-order valence-electron chi connectivity index (χ1n) is 6.47. The maximum atomic E-state index is 9.53. The smallest absolute Gasteiger partial charge is 0.0945 e. The lowest BCUT2D eigenvalue weighted by molar-refractivity contribution is 0.0727. The number of aliphatic hydroxyl groups is 1. The lowest BCUT2D eigenvalue weighted by Crippen LogP contribution is -2.24. The number of hydrogen-bond acceptors (Lipinski definition) is 4. The predicted molar refractivity (Wildman–Crippen MR) is 76.4 cm³/mol. The Morgan fingerprint density at radius 2 is 1.83 bits per heavy atom. The maximum absolute atomic E-state index is 9.53. The highest BCUT2D eigenvalue weighted by Crippen LogP contribution is 2.17. The summed E-state index contributed by atoms with van der Waals surface area (Å²) in [5, 5.41) is 12.7. The molecule has 0 spiro atoms. The van der Waals surface area contributed by atoms with Crippen molar-refractivity contribution in [2.45, 2.75) is 20.0 Å². The highest BCUT2D eigenvalue weighted by molar-refractivity contribution is 5.55. The molecular formula is C14H24N2O2.